The molecular weight excluding hydrogens is 300 g/mol. The number of carboxylic acid groups (broad SMARTS) is 1. The Morgan fingerprint density at radius 2 is 1.95 bits per heavy atom. The lowest BCUT2D eigenvalue weighted by atomic mass is 10.1. The molecule has 0 saturated heterocycles. The number of sulfonamides is 1. The molecule has 0 saturated carbocycles. The van der Waals surface area contributed by atoms with Gasteiger partial charge >= 0.3 is 5.97 Å². The van der Waals surface area contributed by atoms with E-state index in [0.29, 0.717) is 5.56 Å². The lowest BCUT2D eigenvalue weighted by molar-refractivity contribution is -0.388. The van der Waals surface area contributed by atoms with Crippen molar-refractivity contribution in [1.82, 2.24) is 4.31 Å². The summed E-state index contributed by atoms with van der Waals surface area (Å²) in [7, 11) is -2.94. The number of aryl methyl sites for hydroxylation is 1. The largest absolute Gasteiger partial charge is 0.481 e. The maximum atomic E-state index is 12.5. The fraction of sp³-hybridized carbons (Fsp3) is 0.417. The molecule has 0 fully saturated rings. The van der Waals surface area contributed by atoms with E-state index in [9.17, 15) is 23.3 Å². The van der Waals surface area contributed by atoms with Crippen molar-refractivity contribution < 1.29 is 23.2 Å². The van der Waals surface area contributed by atoms with Gasteiger partial charge in [-0.3, -0.25) is 14.9 Å². The number of aliphatic carboxylic acids is 1. The predicted octanol–water partition coefficient (Wildman–Crippen LogP) is 1.31. The number of carbonyl (C=O) groups is 1. The minimum absolute atomic E-state index is 0.262. The molecule has 0 aromatic heterocycles. The van der Waals surface area contributed by atoms with Gasteiger partial charge in [0.25, 0.3) is 5.69 Å². The number of nitro benzene ring substituents is 1. The van der Waals surface area contributed by atoms with Gasteiger partial charge in [-0.05, 0) is 25.0 Å². The average molecular weight is 316 g/mol. The first-order chi connectivity index (χ1) is 9.59. The maximum Gasteiger partial charge on any atom is 0.304 e. The van der Waals surface area contributed by atoms with Gasteiger partial charge in [-0.1, -0.05) is 6.07 Å². The van der Waals surface area contributed by atoms with Gasteiger partial charge in [0.15, 0.2) is 4.90 Å². The zero-order chi connectivity index (χ0) is 16.4. The number of hydrogen-bond donors (Lipinski definition) is 1. The molecule has 0 aliphatic heterocycles. The molecule has 1 N–H and O–H groups in total. The van der Waals surface area contributed by atoms with Crippen molar-refractivity contribution in [1.29, 1.82) is 0 Å². The third-order valence-corrected chi connectivity index (χ3v) is 5.20. The summed E-state index contributed by atoms with van der Waals surface area (Å²) in [5.41, 5.74) is 0.373. The Labute approximate surface area is 122 Å². The Morgan fingerprint density at radius 3 is 2.43 bits per heavy atom. The van der Waals surface area contributed by atoms with Gasteiger partial charge in [0.2, 0.25) is 10.0 Å². The second-order valence-corrected chi connectivity index (χ2v) is 6.56. The van der Waals surface area contributed by atoms with Gasteiger partial charge in [0, 0.05) is 19.7 Å². The van der Waals surface area contributed by atoms with Crippen molar-refractivity contribution >= 4 is 21.7 Å². The van der Waals surface area contributed by atoms with E-state index < -0.39 is 26.6 Å². The SMILES string of the molecule is Cc1ccc([N+](=O)[O-])c(S(=O)(=O)N(C)CCC(=O)O)c1C. The molecule has 0 aliphatic rings. The second kappa shape index (κ2) is 6.19. The standard InChI is InChI=1S/C12H16N2O6S/c1-8-4-5-10(14(17)18)12(9(8)2)21(19,20)13(3)7-6-11(15)16/h4-5H,6-7H2,1-3H3,(H,15,16). The van der Waals surface area contributed by atoms with Crippen molar-refractivity contribution in [2.75, 3.05) is 13.6 Å². The van der Waals surface area contributed by atoms with Crippen molar-refractivity contribution in [3.63, 3.8) is 0 Å². The Bertz CT molecular complexity index is 683. The molecule has 0 unspecified atom stereocenters. The number of nitro groups is 1. The molecule has 0 heterocycles. The molecule has 1 aromatic carbocycles. The number of hydrogen-bond acceptors (Lipinski definition) is 5. The van der Waals surface area contributed by atoms with E-state index >= 15 is 0 Å². The molecule has 9 heteroatoms. The molecule has 21 heavy (non-hydrogen) atoms. The van der Waals surface area contributed by atoms with Crippen LogP contribution in [0.25, 0.3) is 0 Å². The summed E-state index contributed by atoms with van der Waals surface area (Å²) < 4.78 is 25.8. The van der Waals surface area contributed by atoms with Crippen LogP contribution in [-0.4, -0.2) is 42.3 Å². The first-order valence-corrected chi connectivity index (χ1v) is 7.45. The monoisotopic (exact) mass is 316 g/mol. The molecule has 0 spiro atoms. The van der Waals surface area contributed by atoms with Gasteiger partial charge in [0.1, 0.15) is 0 Å². The summed E-state index contributed by atoms with van der Waals surface area (Å²) in [6.45, 7) is 2.87. The van der Waals surface area contributed by atoms with Gasteiger partial charge in [-0.2, -0.15) is 0 Å². The summed E-state index contributed by atoms with van der Waals surface area (Å²) in [4.78, 5) is 20.4. The van der Waals surface area contributed by atoms with Crippen molar-refractivity contribution in [3.8, 4) is 0 Å². The molecule has 1 aromatic rings. The first kappa shape index (κ1) is 17.1. The Kier molecular flexibility index (Phi) is 5.02. The van der Waals surface area contributed by atoms with Crippen molar-refractivity contribution in [3.05, 3.63) is 33.4 Å². The fourth-order valence-corrected chi connectivity index (χ4v) is 3.37. The first-order valence-electron chi connectivity index (χ1n) is 6.01. The number of benzene rings is 1. The van der Waals surface area contributed by atoms with Crippen LogP contribution in [0.5, 0.6) is 0 Å². The highest BCUT2D eigenvalue weighted by Gasteiger charge is 2.32. The van der Waals surface area contributed by atoms with Crippen LogP contribution >= 0.6 is 0 Å². The Balaban J connectivity index is 3.40. The second-order valence-electron chi connectivity index (χ2n) is 4.58. The van der Waals surface area contributed by atoms with E-state index in [2.05, 4.69) is 0 Å². The molecule has 0 amide bonds. The highest BCUT2D eigenvalue weighted by Crippen LogP contribution is 2.31. The summed E-state index contributed by atoms with van der Waals surface area (Å²) in [6.07, 6.45) is -0.381. The zero-order valence-electron chi connectivity index (χ0n) is 11.9. The molecule has 0 bridgehead atoms. The molecule has 116 valence electrons. The third kappa shape index (κ3) is 3.56. The average Bonchev–Trinajstić information content (AvgIpc) is 2.37. The summed E-state index contributed by atoms with van der Waals surface area (Å²) in [5, 5.41) is 19.7. The van der Waals surface area contributed by atoms with Crippen molar-refractivity contribution in [2.24, 2.45) is 0 Å². The van der Waals surface area contributed by atoms with Gasteiger partial charge in [-0.15, -0.1) is 0 Å². The third-order valence-electron chi connectivity index (χ3n) is 3.16. The Hall–Kier alpha value is -2.00. The summed E-state index contributed by atoms with van der Waals surface area (Å²) >= 11 is 0. The van der Waals surface area contributed by atoms with Crippen LogP contribution < -0.4 is 0 Å². The Morgan fingerprint density at radius 1 is 1.38 bits per heavy atom. The summed E-state index contributed by atoms with van der Waals surface area (Å²) in [6, 6.07) is 2.62. The van der Waals surface area contributed by atoms with E-state index in [4.69, 9.17) is 5.11 Å². The fourth-order valence-electron chi connectivity index (χ4n) is 1.77. The normalized spacial score (nSPS) is 11.6. The van der Waals surface area contributed by atoms with E-state index in [1.807, 2.05) is 0 Å². The smallest absolute Gasteiger partial charge is 0.304 e. The number of rotatable bonds is 6. The van der Waals surface area contributed by atoms with Crippen LogP contribution in [0.15, 0.2) is 17.0 Å². The molecular formula is C12H16N2O6S. The van der Waals surface area contributed by atoms with Gasteiger partial charge in [0.05, 0.1) is 11.3 Å². The van der Waals surface area contributed by atoms with Gasteiger partial charge in [-0.25, -0.2) is 12.7 Å². The van der Waals surface area contributed by atoms with E-state index in [0.717, 1.165) is 10.4 Å². The summed E-state index contributed by atoms with van der Waals surface area (Å²) in [5.74, 6) is -1.15. The van der Waals surface area contributed by atoms with Crippen molar-refractivity contribution in [2.45, 2.75) is 25.2 Å². The molecule has 0 radical (unpaired) electrons. The highest BCUT2D eigenvalue weighted by molar-refractivity contribution is 7.89. The predicted molar refractivity (Wildman–Crippen MR) is 74.6 cm³/mol. The zero-order valence-corrected chi connectivity index (χ0v) is 12.7. The minimum atomic E-state index is -4.14. The van der Waals surface area contributed by atoms with Crippen LogP contribution in [0.2, 0.25) is 0 Å². The van der Waals surface area contributed by atoms with Crippen LogP contribution in [0.1, 0.15) is 17.5 Å². The molecule has 8 nitrogen and oxygen atoms in total. The molecule has 1 rings (SSSR count). The minimum Gasteiger partial charge on any atom is -0.481 e. The topological polar surface area (TPSA) is 118 Å². The van der Waals surface area contributed by atoms with Crippen LogP contribution in [-0.2, 0) is 14.8 Å². The molecule has 0 atom stereocenters. The van der Waals surface area contributed by atoms with Gasteiger partial charge < -0.3 is 5.11 Å². The van der Waals surface area contributed by atoms with Crippen LogP contribution in [0, 0.1) is 24.0 Å². The molecule has 0 aliphatic carbocycles. The number of carboxylic acids is 1. The van der Waals surface area contributed by atoms with E-state index in [-0.39, 0.29) is 23.4 Å². The van der Waals surface area contributed by atoms with E-state index in [1.165, 1.54) is 20.0 Å². The number of nitrogens with zero attached hydrogens (tertiary/aromatic N) is 2. The highest BCUT2D eigenvalue weighted by atomic mass is 32.2. The lowest BCUT2D eigenvalue weighted by Crippen LogP contribution is -2.30. The quantitative estimate of drug-likeness (QED) is 0.624. The maximum absolute atomic E-state index is 12.5. The van der Waals surface area contributed by atoms with E-state index in [1.54, 1.807) is 6.92 Å². The van der Waals surface area contributed by atoms with Crippen LogP contribution in [0.4, 0.5) is 5.69 Å². The van der Waals surface area contributed by atoms with Crippen LogP contribution in [0.3, 0.4) is 0 Å². The lowest BCUT2D eigenvalue weighted by Gasteiger charge is -2.18.